The van der Waals surface area contributed by atoms with Crippen molar-refractivity contribution in [1.82, 2.24) is 0 Å². The molecule has 0 aromatic heterocycles. The standard InChI is InChI=1S/C24H15Br2IO3S/c25-16-10-12-17(13-11-16)31(29,30)24(23(27)19-7-3-4-8-20(19)26)22-18-6-2-1-5-15(18)9-14-21(22)28/h1-14,28H/b24-23+. The molecule has 156 valence electrons. The summed E-state index contributed by atoms with van der Waals surface area (Å²) < 4.78 is 30.0. The molecule has 0 bridgehead atoms. The van der Waals surface area contributed by atoms with Gasteiger partial charge in [-0.25, -0.2) is 8.42 Å². The first kappa shape index (κ1) is 22.5. The molecule has 31 heavy (non-hydrogen) atoms. The van der Waals surface area contributed by atoms with Gasteiger partial charge in [0.15, 0.2) is 0 Å². The second kappa shape index (κ2) is 9.05. The number of hydrogen-bond donors (Lipinski definition) is 1. The lowest BCUT2D eigenvalue weighted by molar-refractivity contribution is 0.474. The summed E-state index contributed by atoms with van der Waals surface area (Å²) in [5.41, 5.74) is 1.02. The zero-order valence-electron chi connectivity index (χ0n) is 15.9. The molecule has 4 aromatic carbocycles. The quantitative estimate of drug-likeness (QED) is 0.178. The second-order valence-corrected chi connectivity index (χ2v) is 11.5. The number of halogens is 3. The molecule has 0 spiro atoms. The number of sulfone groups is 1. The molecule has 0 aliphatic rings. The average Bonchev–Trinajstić information content (AvgIpc) is 2.76. The van der Waals surface area contributed by atoms with Gasteiger partial charge < -0.3 is 5.11 Å². The monoisotopic (exact) mass is 668 g/mol. The molecular weight excluding hydrogens is 655 g/mol. The lowest BCUT2D eigenvalue weighted by atomic mass is 10.0. The largest absolute Gasteiger partial charge is 0.507 e. The van der Waals surface area contributed by atoms with Crippen LogP contribution in [0.1, 0.15) is 11.1 Å². The van der Waals surface area contributed by atoms with Gasteiger partial charge in [0, 0.05) is 23.7 Å². The van der Waals surface area contributed by atoms with Crippen molar-refractivity contribution >= 4 is 83.5 Å². The van der Waals surface area contributed by atoms with Gasteiger partial charge in [-0.2, -0.15) is 0 Å². The zero-order chi connectivity index (χ0) is 22.2. The highest BCUT2D eigenvalue weighted by atomic mass is 127. The van der Waals surface area contributed by atoms with Crippen LogP contribution in [0.3, 0.4) is 0 Å². The van der Waals surface area contributed by atoms with E-state index in [1.165, 1.54) is 0 Å². The summed E-state index contributed by atoms with van der Waals surface area (Å²) in [6.07, 6.45) is 0. The molecule has 4 rings (SSSR count). The third kappa shape index (κ3) is 4.33. The maximum absolute atomic E-state index is 14.0. The van der Waals surface area contributed by atoms with Gasteiger partial charge in [0.1, 0.15) is 5.75 Å². The van der Waals surface area contributed by atoms with E-state index in [-0.39, 0.29) is 15.6 Å². The Kier molecular flexibility index (Phi) is 6.57. The first-order chi connectivity index (χ1) is 14.8. The number of aromatic hydroxyl groups is 1. The fourth-order valence-electron chi connectivity index (χ4n) is 3.35. The number of benzene rings is 4. The van der Waals surface area contributed by atoms with Crippen molar-refractivity contribution in [3.05, 3.63) is 105 Å². The van der Waals surface area contributed by atoms with Crippen LogP contribution in [0, 0.1) is 0 Å². The maximum Gasteiger partial charge on any atom is 0.208 e. The Hall–Kier alpha value is -1.68. The van der Waals surface area contributed by atoms with Gasteiger partial charge >= 0.3 is 0 Å². The Morgan fingerprint density at radius 3 is 2.16 bits per heavy atom. The minimum absolute atomic E-state index is 0.0663. The Labute approximate surface area is 211 Å². The molecule has 0 aliphatic carbocycles. The van der Waals surface area contributed by atoms with Crippen LogP contribution in [0.5, 0.6) is 5.75 Å². The van der Waals surface area contributed by atoms with Crippen LogP contribution >= 0.6 is 54.5 Å². The van der Waals surface area contributed by atoms with Crippen molar-refractivity contribution in [3.8, 4) is 5.75 Å². The van der Waals surface area contributed by atoms with Crippen molar-refractivity contribution in [2.24, 2.45) is 0 Å². The molecule has 0 unspecified atom stereocenters. The summed E-state index contributed by atoms with van der Waals surface area (Å²) in [6, 6.07) is 24.7. The third-order valence-corrected chi connectivity index (χ3v) is 9.38. The predicted molar refractivity (Wildman–Crippen MR) is 142 cm³/mol. The van der Waals surface area contributed by atoms with Gasteiger partial charge in [0.25, 0.3) is 0 Å². The predicted octanol–water partition coefficient (Wildman–Crippen LogP) is 7.81. The highest BCUT2D eigenvalue weighted by molar-refractivity contribution is 14.1. The van der Waals surface area contributed by atoms with Gasteiger partial charge in [0.05, 0.1) is 9.80 Å². The van der Waals surface area contributed by atoms with Gasteiger partial charge in [-0.1, -0.05) is 80.4 Å². The summed E-state index contributed by atoms with van der Waals surface area (Å²) in [7, 11) is -3.98. The van der Waals surface area contributed by atoms with E-state index in [1.54, 1.807) is 36.4 Å². The molecular formula is C24H15Br2IO3S. The van der Waals surface area contributed by atoms with Crippen molar-refractivity contribution in [1.29, 1.82) is 0 Å². The van der Waals surface area contributed by atoms with E-state index < -0.39 is 9.84 Å². The average molecular weight is 670 g/mol. The Morgan fingerprint density at radius 2 is 1.45 bits per heavy atom. The number of fused-ring (bicyclic) bond motifs is 1. The Morgan fingerprint density at radius 1 is 0.806 bits per heavy atom. The van der Waals surface area contributed by atoms with Crippen molar-refractivity contribution in [2.45, 2.75) is 4.90 Å². The SMILES string of the molecule is O=S(=O)(/C(=C(/I)c1ccccc1Br)c1c(O)ccc2ccccc12)c1ccc(Br)cc1. The fraction of sp³-hybridized carbons (Fsp3) is 0. The Bertz CT molecular complexity index is 1430. The van der Waals surface area contributed by atoms with Gasteiger partial charge in [-0.05, 0) is 69.8 Å². The lowest BCUT2D eigenvalue weighted by Gasteiger charge is -2.17. The smallest absolute Gasteiger partial charge is 0.208 e. The molecule has 7 heteroatoms. The van der Waals surface area contributed by atoms with Crippen molar-refractivity contribution in [2.75, 3.05) is 0 Å². The summed E-state index contributed by atoms with van der Waals surface area (Å²) in [4.78, 5) is 0.218. The van der Waals surface area contributed by atoms with Gasteiger partial charge in [-0.3, -0.25) is 0 Å². The molecule has 0 atom stereocenters. The van der Waals surface area contributed by atoms with E-state index in [1.807, 2.05) is 48.5 Å². The van der Waals surface area contributed by atoms with E-state index in [9.17, 15) is 13.5 Å². The van der Waals surface area contributed by atoms with Crippen LogP contribution < -0.4 is 0 Å². The minimum Gasteiger partial charge on any atom is -0.507 e. The highest BCUT2D eigenvalue weighted by Gasteiger charge is 2.30. The molecule has 0 amide bonds. The van der Waals surface area contributed by atoms with Crippen LogP contribution in [-0.2, 0) is 9.84 Å². The van der Waals surface area contributed by atoms with Crippen molar-refractivity contribution in [3.63, 3.8) is 0 Å². The van der Waals surface area contributed by atoms with E-state index in [4.69, 9.17) is 0 Å². The first-order valence-corrected chi connectivity index (χ1v) is 13.3. The normalized spacial score (nSPS) is 12.6. The van der Waals surface area contributed by atoms with E-state index >= 15 is 0 Å². The lowest BCUT2D eigenvalue weighted by Crippen LogP contribution is -2.07. The molecule has 0 radical (unpaired) electrons. The van der Waals surface area contributed by atoms with E-state index in [2.05, 4.69) is 54.5 Å². The van der Waals surface area contributed by atoms with Crippen LogP contribution in [-0.4, -0.2) is 13.5 Å². The molecule has 4 aromatic rings. The molecule has 0 saturated carbocycles. The second-order valence-electron chi connectivity index (χ2n) is 6.76. The molecule has 0 heterocycles. The van der Waals surface area contributed by atoms with E-state index in [0.29, 0.717) is 14.5 Å². The number of rotatable bonds is 4. The number of phenols is 1. The highest BCUT2D eigenvalue weighted by Crippen LogP contribution is 2.45. The summed E-state index contributed by atoms with van der Waals surface area (Å²) in [5, 5.41) is 12.4. The summed E-state index contributed by atoms with van der Waals surface area (Å²) >= 11 is 8.95. The van der Waals surface area contributed by atoms with Gasteiger partial charge in [-0.15, -0.1) is 0 Å². The van der Waals surface area contributed by atoms with E-state index in [0.717, 1.165) is 19.9 Å². The molecule has 1 N–H and O–H groups in total. The maximum atomic E-state index is 14.0. The number of phenolic OH excluding ortho intramolecular Hbond substituents is 1. The molecule has 3 nitrogen and oxygen atoms in total. The topological polar surface area (TPSA) is 54.4 Å². The van der Waals surface area contributed by atoms with Crippen molar-refractivity contribution < 1.29 is 13.5 Å². The minimum atomic E-state index is -3.98. The zero-order valence-corrected chi connectivity index (χ0v) is 22.0. The van der Waals surface area contributed by atoms with Gasteiger partial charge in [0.2, 0.25) is 9.84 Å². The third-order valence-electron chi connectivity index (χ3n) is 4.84. The first-order valence-electron chi connectivity index (χ1n) is 9.17. The molecule has 0 saturated heterocycles. The summed E-state index contributed by atoms with van der Waals surface area (Å²) in [5.74, 6) is -0.0874. The molecule has 0 aliphatic heterocycles. The van der Waals surface area contributed by atoms with Crippen LogP contribution in [0.15, 0.2) is 98.8 Å². The summed E-state index contributed by atoms with van der Waals surface area (Å²) in [6.45, 7) is 0. The fourth-order valence-corrected chi connectivity index (χ4v) is 7.64. The van der Waals surface area contributed by atoms with Crippen LogP contribution in [0.4, 0.5) is 0 Å². The Balaban J connectivity index is 2.15. The van der Waals surface area contributed by atoms with Crippen LogP contribution in [0.2, 0.25) is 0 Å². The molecule has 0 fully saturated rings. The number of hydrogen-bond acceptors (Lipinski definition) is 3. The van der Waals surface area contributed by atoms with Crippen LogP contribution in [0.25, 0.3) is 19.3 Å².